The summed E-state index contributed by atoms with van der Waals surface area (Å²) in [6, 6.07) is 0. The van der Waals surface area contributed by atoms with Gasteiger partial charge < -0.3 is 0 Å². The molecule has 0 radical (unpaired) electrons. The van der Waals surface area contributed by atoms with E-state index in [1.54, 1.807) is 0 Å². The maximum absolute atomic E-state index is 3.63. The van der Waals surface area contributed by atoms with Crippen LogP contribution in [0.2, 0.25) is 0 Å². The Morgan fingerprint density at radius 1 is 0.625 bits per heavy atom. The van der Waals surface area contributed by atoms with Crippen LogP contribution in [0.4, 0.5) is 0 Å². The third kappa shape index (κ3) is 1.94. The highest BCUT2D eigenvalue weighted by molar-refractivity contribution is 9.11. The van der Waals surface area contributed by atoms with Gasteiger partial charge in [0.05, 0.1) is 7.57 Å². The average Bonchev–Trinajstić information content (AvgIpc) is 2.64. The van der Waals surface area contributed by atoms with Gasteiger partial charge in [0.25, 0.3) is 0 Å². The van der Waals surface area contributed by atoms with E-state index in [-0.39, 0.29) is 0 Å². The highest BCUT2D eigenvalue weighted by Gasteiger charge is 2.17. The second-order valence-electron chi connectivity index (χ2n) is 3.91. The smallest absolute Gasteiger partial charge is 0.0737 e. The summed E-state index contributed by atoms with van der Waals surface area (Å²) in [4.78, 5) is 2.81. The van der Waals surface area contributed by atoms with Gasteiger partial charge in [-0.05, 0) is 81.8 Å². The number of hydrogen-bond acceptors (Lipinski definition) is 2. The third-order valence-electron chi connectivity index (χ3n) is 2.99. The molecule has 16 heavy (non-hydrogen) atoms. The minimum absolute atomic E-state index is 1.25. The fourth-order valence-electron chi connectivity index (χ4n) is 1.55. The molecule has 0 bridgehead atoms. The van der Waals surface area contributed by atoms with Crippen molar-refractivity contribution >= 4 is 54.5 Å². The van der Waals surface area contributed by atoms with Gasteiger partial charge in [-0.2, -0.15) is 0 Å². The predicted molar refractivity (Wildman–Crippen MR) is 82.0 cm³/mol. The summed E-state index contributed by atoms with van der Waals surface area (Å²) >= 11 is 10.9. The maximum Gasteiger partial charge on any atom is 0.0737 e. The van der Waals surface area contributed by atoms with Crippen LogP contribution in [0.25, 0.3) is 9.75 Å². The Hall–Kier alpha value is 0.360. The molecule has 0 aliphatic carbocycles. The molecular weight excluding hydrogens is 368 g/mol. The fourth-order valence-corrected chi connectivity index (χ4v) is 5.44. The molecule has 86 valence electrons. The van der Waals surface area contributed by atoms with E-state index in [0.717, 1.165) is 0 Å². The van der Waals surface area contributed by atoms with E-state index < -0.39 is 0 Å². The van der Waals surface area contributed by atoms with Crippen molar-refractivity contribution < 1.29 is 0 Å². The van der Waals surface area contributed by atoms with Crippen LogP contribution in [0.5, 0.6) is 0 Å². The number of rotatable bonds is 1. The average molecular weight is 380 g/mol. The van der Waals surface area contributed by atoms with Crippen LogP contribution in [-0.2, 0) is 0 Å². The molecule has 2 aromatic heterocycles. The molecule has 0 saturated heterocycles. The molecule has 0 aliphatic rings. The summed E-state index contributed by atoms with van der Waals surface area (Å²) in [5.74, 6) is 0. The zero-order valence-corrected chi connectivity index (χ0v) is 14.4. The predicted octanol–water partition coefficient (Wildman–Crippen LogP) is 6.24. The van der Waals surface area contributed by atoms with E-state index in [4.69, 9.17) is 0 Å². The quantitative estimate of drug-likeness (QED) is 0.550. The lowest BCUT2D eigenvalue weighted by Gasteiger charge is -1.99. The van der Waals surface area contributed by atoms with Crippen LogP contribution in [0, 0.1) is 27.7 Å². The summed E-state index contributed by atoms with van der Waals surface area (Å²) in [5, 5.41) is 0. The number of halogens is 2. The molecule has 4 heteroatoms. The molecule has 2 aromatic rings. The Labute approximate surface area is 121 Å². The summed E-state index contributed by atoms with van der Waals surface area (Å²) in [7, 11) is 0. The normalized spacial score (nSPS) is 11.1. The van der Waals surface area contributed by atoms with Crippen LogP contribution in [0.1, 0.15) is 22.3 Å². The minimum Gasteiger partial charge on any atom is -0.127 e. The summed E-state index contributed by atoms with van der Waals surface area (Å²) < 4.78 is 2.50. The Kier molecular flexibility index (Phi) is 3.65. The molecule has 0 unspecified atom stereocenters. The van der Waals surface area contributed by atoms with Gasteiger partial charge in [-0.25, -0.2) is 0 Å². The third-order valence-corrected chi connectivity index (χ3v) is 7.68. The largest absolute Gasteiger partial charge is 0.127 e. The van der Waals surface area contributed by atoms with E-state index in [2.05, 4.69) is 59.6 Å². The second-order valence-corrected chi connectivity index (χ2v) is 8.59. The number of thiophene rings is 2. The molecule has 0 N–H and O–H groups in total. The van der Waals surface area contributed by atoms with Gasteiger partial charge in [-0.15, -0.1) is 22.7 Å². The molecule has 0 spiro atoms. The molecular formula is C12H12Br2S2. The molecule has 0 amide bonds. The van der Waals surface area contributed by atoms with Gasteiger partial charge in [0.15, 0.2) is 0 Å². The standard InChI is InChI=1S/C12H12Br2S2/c1-5-7(3)11(13)15-9(5)10-6(2)8(4)12(14)16-10/h1-4H3. The van der Waals surface area contributed by atoms with E-state index in [1.165, 1.54) is 39.6 Å². The molecule has 0 saturated carbocycles. The lowest BCUT2D eigenvalue weighted by molar-refractivity contribution is 1.37. The van der Waals surface area contributed by atoms with Gasteiger partial charge in [0.2, 0.25) is 0 Å². The van der Waals surface area contributed by atoms with Crippen LogP contribution in [0.3, 0.4) is 0 Å². The van der Waals surface area contributed by atoms with Crippen molar-refractivity contribution in [1.82, 2.24) is 0 Å². The molecule has 2 heterocycles. The van der Waals surface area contributed by atoms with Crippen molar-refractivity contribution in [2.45, 2.75) is 27.7 Å². The van der Waals surface area contributed by atoms with Gasteiger partial charge in [0, 0.05) is 9.75 Å². The lowest BCUT2D eigenvalue weighted by atomic mass is 10.1. The SMILES string of the molecule is Cc1c(Br)sc(-c2sc(Br)c(C)c2C)c1C. The Morgan fingerprint density at radius 3 is 1.12 bits per heavy atom. The zero-order chi connectivity index (χ0) is 12.0. The molecule has 0 fully saturated rings. The summed E-state index contributed by atoms with van der Waals surface area (Å²) in [6.07, 6.45) is 0. The van der Waals surface area contributed by atoms with Gasteiger partial charge in [-0.3, -0.25) is 0 Å². The monoisotopic (exact) mass is 378 g/mol. The van der Waals surface area contributed by atoms with Crippen LogP contribution < -0.4 is 0 Å². The zero-order valence-electron chi connectivity index (χ0n) is 9.57. The summed E-state index contributed by atoms with van der Waals surface area (Å²) in [5.41, 5.74) is 5.52. The Morgan fingerprint density at radius 2 is 0.938 bits per heavy atom. The van der Waals surface area contributed by atoms with Crippen molar-refractivity contribution in [3.63, 3.8) is 0 Å². The maximum atomic E-state index is 3.63. The van der Waals surface area contributed by atoms with Gasteiger partial charge in [-0.1, -0.05) is 0 Å². The lowest BCUT2D eigenvalue weighted by Crippen LogP contribution is -1.78. The van der Waals surface area contributed by atoms with Crippen molar-refractivity contribution in [2.24, 2.45) is 0 Å². The highest BCUT2D eigenvalue weighted by Crippen LogP contribution is 2.46. The van der Waals surface area contributed by atoms with E-state index in [1.807, 2.05) is 22.7 Å². The molecule has 2 rings (SSSR count). The van der Waals surface area contributed by atoms with Crippen LogP contribution in [-0.4, -0.2) is 0 Å². The van der Waals surface area contributed by atoms with E-state index in [9.17, 15) is 0 Å². The summed E-state index contributed by atoms with van der Waals surface area (Å²) in [6.45, 7) is 8.75. The first-order chi connectivity index (χ1) is 7.43. The van der Waals surface area contributed by atoms with E-state index in [0.29, 0.717) is 0 Å². The molecule has 0 atom stereocenters. The molecule has 0 aromatic carbocycles. The second kappa shape index (κ2) is 4.56. The number of hydrogen-bond donors (Lipinski definition) is 0. The Balaban J connectivity index is 2.68. The Bertz CT molecular complexity index is 500. The van der Waals surface area contributed by atoms with Crippen LogP contribution >= 0.6 is 54.5 Å². The topological polar surface area (TPSA) is 0 Å². The van der Waals surface area contributed by atoms with Crippen molar-refractivity contribution in [2.75, 3.05) is 0 Å². The minimum atomic E-state index is 1.25. The van der Waals surface area contributed by atoms with Crippen LogP contribution in [0.15, 0.2) is 7.57 Å². The van der Waals surface area contributed by atoms with E-state index >= 15 is 0 Å². The van der Waals surface area contributed by atoms with Gasteiger partial charge in [0.1, 0.15) is 0 Å². The first kappa shape index (κ1) is 12.8. The van der Waals surface area contributed by atoms with Crippen molar-refractivity contribution in [3.8, 4) is 9.75 Å². The van der Waals surface area contributed by atoms with Gasteiger partial charge >= 0.3 is 0 Å². The molecule has 0 nitrogen and oxygen atoms in total. The highest BCUT2D eigenvalue weighted by atomic mass is 79.9. The first-order valence-corrected chi connectivity index (χ1v) is 8.16. The van der Waals surface area contributed by atoms with Crippen molar-refractivity contribution in [3.05, 3.63) is 29.8 Å². The molecule has 0 aliphatic heterocycles. The van der Waals surface area contributed by atoms with Crippen molar-refractivity contribution in [1.29, 1.82) is 0 Å². The fraction of sp³-hybridized carbons (Fsp3) is 0.333. The first-order valence-electron chi connectivity index (χ1n) is 4.94.